The Morgan fingerprint density at radius 1 is 0.661 bits per heavy atom. The fourth-order valence-electron chi connectivity index (χ4n) is 5.84. The minimum atomic E-state index is -3.96. The van der Waals surface area contributed by atoms with Crippen molar-refractivity contribution in [3.05, 3.63) is 97.3 Å². The first-order chi connectivity index (χ1) is 39.7. The molecule has 0 fully saturated rings. The van der Waals surface area contributed by atoms with Gasteiger partial charge in [-0.2, -0.15) is 9.97 Å². The van der Waals surface area contributed by atoms with Gasteiger partial charge in [-0.15, -0.1) is 0 Å². The van der Waals surface area contributed by atoms with Gasteiger partial charge in [-0.3, -0.25) is 18.7 Å². The van der Waals surface area contributed by atoms with E-state index in [0.717, 1.165) is 33.4 Å². The summed E-state index contributed by atoms with van der Waals surface area (Å²) in [6.07, 6.45) is -1.18. The minimum absolute atomic E-state index is 0. The average molecular weight is 835 g/mol. The number of hydrogen-bond acceptors (Lipinski definition) is 10. The van der Waals surface area contributed by atoms with Crippen molar-refractivity contribution in [2.24, 2.45) is 0 Å². The SMILES string of the molecule is C.[2H]C([2H])([2H])N1C(=O)[C@@H](C([2H])([2H])C([2H])([2H])[2H])N(C([2H])(C([2H])([2H])[2H])C([2H])([2H])[2H])c2nc(-n3ccnc3-c3ccc(F)cc3)ncc21.[2H]C([2H])([2H])N1C(=O)[C@H](C([2H])([2H])C([2H])([2H])[2H])N(C([2H])(C([2H])([2H])[2H])C([2H])([2H])[2H])c2nc(-n3ccnc3-c3ccc(F)cc3)ncc21. The minimum Gasteiger partial charge on any atom is -0.340 e. The van der Waals surface area contributed by atoms with E-state index < -0.39 is 150 Å². The van der Waals surface area contributed by atoms with Crippen molar-refractivity contribution >= 4 is 34.8 Å². The van der Waals surface area contributed by atoms with Crippen LogP contribution in [0.5, 0.6) is 0 Å². The number of likely N-dealkylation sites (N-methyl/N-ethyl adjacent to an activating group) is 2. The lowest BCUT2D eigenvalue weighted by Crippen LogP contribution is -2.55. The summed E-state index contributed by atoms with van der Waals surface area (Å²) in [5.41, 5.74) is -1.06. The van der Waals surface area contributed by atoms with Crippen molar-refractivity contribution in [2.45, 2.75) is 85.4 Å². The number of nitrogens with zero attached hydrogens (tertiary/aromatic N) is 12. The van der Waals surface area contributed by atoms with Gasteiger partial charge in [-0.05, 0) is 88.7 Å². The lowest BCUT2D eigenvalue weighted by atomic mass is 10.1. The number of carbonyl (C=O) groups is 2. The molecule has 59 heavy (non-hydrogen) atoms. The molecule has 0 saturated heterocycles. The number of aromatic nitrogens is 8. The van der Waals surface area contributed by atoms with Crippen LogP contribution in [0.4, 0.5) is 31.8 Å². The highest BCUT2D eigenvalue weighted by Crippen LogP contribution is 2.38. The third-order valence-electron chi connectivity index (χ3n) is 8.51. The Kier molecular flexibility index (Phi) is 5.26. The number of fused-ring (bicyclic) bond motifs is 2. The number of benzene rings is 2. The Balaban J connectivity index is 0.000000281. The van der Waals surface area contributed by atoms with Crippen molar-refractivity contribution in [2.75, 3.05) is 33.6 Å². The summed E-state index contributed by atoms with van der Waals surface area (Å²) in [6.45, 7) is -30.1. The highest BCUT2D eigenvalue weighted by molar-refractivity contribution is 6.05. The number of imidazole rings is 2. The lowest BCUT2D eigenvalue weighted by Gasteiger charge is -2.42. The molecule has 308 valence electrons. The van der Waals surface area contributed by atoms with Gasteiger partial charge in [-0.1, -0.05) is 21.1 Å². The standard InChI is InChI=1S/2C21H23FN6O.CH4/c2*1-5-16-20(29)26(4)17-12-24-21(25-19(17)28(16)13(2)3)27-11-10-23-18(27)14-6-8-15(22)9-7-14;/h2*6-13,16H,5H2,1-4H3;1H4/t2*16-;/m10./s1/i2*1D3,2D3,3D3,4D3,5D2,13D;. The summed E-state index contributed by atoms with van der Waals surface area (Å²) in [4.78, 5) is 51.9. The number of halogens is 2. The Morgan fingerprint density at radius 2 is 1.07 bits per heavy atom. The van der Waals surface area contributed by atoms with Crippen LogP contribution in [0.25, 0.3) is 34.7 Å². The molecular weight excluding hydrogens is 755 g/mol. The summed E-state index contributed by atoms with van der Waals surface area (Å²) >= 11 is 0. The van der Waals surface area contributed by atoms with Gasteiger partial charge in [0, 0.05) is 100 Å². The molecule has 4 aromatic heterocycles. The number of carbonyl (C=O) groups excluding carboxylic acids is 2. The Bertz CT molecular complexity index is 3330. The summed E-state index contributed by atoms with van der Waals surface area (Å²) in [5.74, 6) is -7.74. The Morgan fingerprint density at radius 3 is 1.42 bits per heavy atom. The van der Waals surface area contributed by atoms with E-state index in [0.29, 0.717) is 23.5 Å². The number of rotatable bonds is 8. The summed E-state index contributed by atoms with van der Waals surface area (Å²) < 4.78 is 271. The number of hydrogen-bond donors (Lipinski definition) is 0. The molecule has 2 aliphatic rings. The molecular formula is C43H50F2N12O2. The van der Waals surface area contributed by atoms with Crippen LogP contribution in [-0.2, 0) is 9.59 Å². The molecule has 2 aliphatic heterocycles. The molecule has 0 unspecified atom stereocenters. The van der Waals surface area contributed by atoms with Crippen LogP contribution < -0.4 is 19.6 Å². The van der Waals surface area contributed by atoms with E-state index >= 15 is 0 Å². The molecule has 2 atom stereocenters. The second-order valence-corrected chi connectivity index (χ2v) is 11.9. The fourth-order valence-corrected chi connectivity index (χ4v) is 5.84. The van der Waals surface area contributed by atoms with Gasteiger partial charge in [0.25, 0.3) is 0 Å². The van der Waals surface area contributed by atoms with Gasteiger partial charge in [-0.25, -0.2) is 28.7 Å². The van der Waals surface area contributed by atoms with Gasteiger partial charge in [0.1, 0.15) is 46.7 Å². The zero-order valence-electron chi connectivity index (χ0n) is 59.2. The molecule has 0 bridgehead atoms. The molecule has 6 aromatic rings. The topological polar surface area (TPSA) is 134 Å². The third-order valence-corrected chi connectivity index (χ3v) is 8.51. The van der Waals surface area contributed by atoms with E-state index in [1.807, 2.05) is 0 Å². The van der Waals surface area contributed by atoms with Gasteiger partial charge in [0.05, 0.1) is 15.1 Å². The van der Waals surface area contributed by atoms with Crippen LogP contribution >= 0.6 is 0 Å². The van der Waals surface area contributed by atoms with E-state index in [4.69, 9.17) is 41.1 Å². The van der Waals surface area contributed by atoms with Crippen LogP contribution in [0.15, 0.2) is 85.7 Å². The van der Waals surface area contributed by atoms with Crippen molar-refractivity contribution in [1.29, 1.82) is 0 Å². The first-order valence-corrected chi connectivity index (χ1v) is 16.3. The molecule has 0 aliphatic carbocycles. The summed E-state index contributed by atoms with van der Waals surface area (Å²) in [7, 11) is 0. The predicted molar refractivity (Wildman–Crippen MR) is 226 cm³/mol. The zero-order valence-corrected chi connectivity index (χ0v) is 29.2. The molecule has 16 heteroatoms. The molecule has 0 spiro atoms. The van der Waals surface area contributed by atoms with E-state index in [1.165, 1.54) is 49.1 Å². The quantitative estimate of drug-likeness (QED) is 0.152. The maximum absolute atomic E-state index is 13.8. The molecule has 0 saturated carbocycles. The summed E-state index contributed by atoms with van der Waals surface area (Å²) in [6, 6.07) is -4.15. The molecule has 6 heterocycles. The number of anilines is 4. The van der Waals surface area contributed by atoms with Gasteiger partial charge < -0.3 is 19.6 Å². The zero-order chi connectivity index (χ0) is 66.8. The van der Waals surface area contributed by atoms with Crippen molar-refractivity contribution in [1.82, 2.24) is 39.0 Å². The van der Waals surface area contributed by atoms with Crippen LogP contribution in [0.1, 0.15) is 102 Å². The van der Waals surface area contributed by atoms with Crippen LogP contribution in [0.2, 0.25) is 0 Å². The molecule has 14 nitrogen and oxygen atoms in total. The number of amides is 2. The highest BCUT2D eigenvalue weighted by atomic mass is 19.1. The van der Waals surface area contributed by atoms with Gasteiger partial charge in [0.2, 0.25) is 23.7 Å². The maximum Gasteiger partial charge on any atom is 0.249 e. The normalized spacial score (nSPS) is 26.3. The average Bonchev–Trinajstić information content (AvgIpc) is 1.04. The first kappa shape index (κ1) is 18.1. The molecule has 2 amide bonds. The largest absolute Gasteiger partial charge is 0.340 e. The lowest BCUT2D eigenvalue weighted by molar-refractivity contribution is -0.120. The Labute approximate surface area is 385 Å². The van der Waals surface area contributed by atoms with Crippen molar-refractivity contribution in [3.8, 4) is 34.7 Å². The third kappa shape index (κ3) is 7.74. The second kappa shape index (κ2) is 17.1. The van der Waals surface area contributed by atoms with E-state index in [9.17, 15) is 18.4 Å². The van der Waals surface area contributed by atoms with E-state index in [1.54, 1.807) is 0 Å². The van der Waals surface area contributed by atoms with E-state index in [2.05, 4.69) is 29.9 Å². The molecule has 2 aromatic carbocycles. The van der Waals surface area contributed by atoms with Crippen molar-refractivity contribution < 1.29 is 59.5 Å². The first-order valence-electron chi connectivity index (χ1n) is 31.3. The maximum atomic E-state index is 13.8. The predicted octanol–water partition coefficient (Wildman–Crippen LogP) is 7.51. The van der Waals surface area contributed by atoms with Crippen LogP contribution in [-0.4, -0.2) is 88.9 Å². The fraction of sp³-hybridized carbons (Fsp3) is 0.349. The van der Waals surface area contributed by atoms with Crippen LogP contribution in [0, 0.1) is 11.6 Å². The van der Waals surface area contributed by atoms with Gasteiger partial charge in [0.15, 0.2) is 11.6 Å². The smallest absolute Gasteiger partial charge is 0.249 e. The molecule has 8 rings (SSSR count). The molecule has 0 N–H and O–H groups in total. The van der Waals surface area contributed by atoms with Crippen molar-refractivity contribution in [3.63, 3.8) is 0 Å². The van der Waals surface area contributed by atoms with E-state index in [-0.39, 0.29) is 38.7 Å². The second-order valence-electron chi connectivity index (χ2n) is 11.9. The Hall–Kier alpha value is -6.58. The molecule has 0 radical (unpaired) electrons. The monoisotopic (exact) mass is 835 g/mol. The highest BCUT2D eigenvalue weighted by Gasteiger charge is 2.40. The van der Waals surface area contributed by atoms with Gasteiger partial charge >= 0.3 is 0 Å². The summed E-state index contributed by atoms with van der Waals surface area (Å²) in [5, 5.41) is 0. The van der Waals surface area contributed by atoms with Crippen LogP contribution in [0.3, 0.4) is 0 Å².